The molecule has 12 nitrogen and oxygen atoms in total. The predicted molar refractivity (Wildman–Crippen MR) is 167 cm³/mol. The summed E-state index contributed by atoms with van der Waals surface area (Å²) in [6.07, 6.45) is 1.52. The van der Waals surface area contributed by atoms with Crippen LogP contribution in [0.2, 0.25) is 5.02 Å². The van der Waals surface area contributed by atoms with Gasteiger partial charge in [-0.1, -0.05) is 42.3 Å². The number of carbonyl (C=O) groups is 3. The van der Waals surface area contributed by atoms with Crippen molar-refractivity contribution < 1.29 is 43.2 Å². The van der Waals surface area contributed by atoms with Crippen LogP contribution in [0.15, 0.2) is 35.9 Å². The van der Waals surface area contributed by atoms with Gasteiger partial charge in [-0.3, -0.25) is 14.9 Å². The largest absolute Gasteiger partial charge is 0.495 e. The second-order valence-corrected chi connectivity index (χ2v) is 12.6. The van der Waals surface area contributed by atoms with Crippen LogP contribution in [0.1, 0.15) is 46.1 Å². The highest BCUT2D eigenvalue weighted by molar-refractivity contribution is 6.35. The predicted octanol–water partition coefficient (Wildman–Crippen LogP) is 3.28. The molecule has 2 saturated heterocycles. The van der Waals surface area contributed by atoms with Crippen molar-refractivity contribution >= 4 is 35.3 Å². The van der Waals surface area contributed by atoms with Gasteiger partial charge in [0, 0.05) is 26.5 Å². The van der Waals surface area contributed by atoms with E-state index in [-0.39, 0.29) is 23.8 Å². The molecule has 13 heteroatoms. The normalized spacial score (nSPS) is 34.8. The standard InChI is InChI=1S/C32H44ClN3O9/c1-17-10-9-11-24(42-8)32(40)16-23(43-30(39)35-32)18(2)28-31(4,45-28)25(44-29(38)19(3)34-5)15-26(37)36(6)21-13-20(12-17)14-22(41-7)27(21)33/h9-11,13-14,18-19,23-25,28,34,40H,12,15-16H2,1-8H3,(H,35,39)/b11-9+,17-10+/t18-,19-,23+,24-,25+,28?,31+,32+/m1/s1. The molecule has 0 radical (unpaired) electrons. The Hall–Kier alpha value is -3.16. The van der Waals surface area contributed by atoms with E-state index in [4.69, 9.17) is 35.3 Å². The minimum atomic E-state index is -1.78. The number of halogens is 1. The molecule has 3 aliphatic rings. The molecule has 2 amide bonds. The van der Waals surface area contributed by atoms with Crippen molar-refractivity contribution in [2.24, 2.45) is 5.92 Å². The number of likely N-dealkylation sites (N-methyl/N-ethyl adjacent to an activating group) is 1. The molecule has 3 heterocycles. The van der Waals surface area contributed by atoms with Crippen LogP contribution in [0.4, 0.5) is 10.5 Å². The van der Waals surface area contributed by atoms with Crippen molar-refractivity contribution in [1.29, 1.82) is 0 Å². The Bertz CT molecular complexity index is 1370. The number of nitrogens with zero attached hydrogens (tertiary/aromatic N) is 1. The van der Waals surface area contributed by atoms with Gasteiger partial charge in [0.05, 0.1) is 25.3 Å². The topological polar surface area (TPSA) is 148 Å². The third-order valence-electron chi connectivity index (χ3n) is 9.00. The highest BCUT2D eigenvalue weighted by Gasteiger charge is 2.64. The van der Waals surface area contributed by atoms with Gasteiger partial charge in [0.1, 0.15) is 40.7 Å². The molecule has 0 aliphatic carbocycles. The molecular weight excluding hydrogens is 606 g/mol. The second-order valence-electron chi connectivity index (χ2n) is 12.2. The van der Waals surface area contributed by atoms with Crippen molar-refractivity contribution in [2.45, 2.75) is 88.7 Å². The molecular formula is C32H44ClN3O9. The Labute approximate surface area is 269 Å². The van der Waals surface area contributed by atoms with E-state index in [2.05, 4.69) is 10.6 Å². The molecule has 3 aliphatic heterocycles. The molecule has 3 N–H and O–H groups in total. The lowest BCUT2D eigenvalue weighted by Crippen LogP contribution is -2.63. The number of hydrogen-bond donors (Lipinski definition) is 3. The fourth-order valence-corrected chi connectivity index (χ4v) is 6.28. The van der Waals surface area contributed by atoms with Crippen LogP contribution in [0, 0.1) is 5.92 Å². The maximum atomic E-state index is 13.8. The van der Waals surface area contributed by atoms with Gasteiger partial charge in [-0.15, -0.1) is 0 Å². The fourth-order valence-electron chi connectivity index (χ4n) is 5.97. The van der Waals surface area contributed by atoms with Crippen LogP contribution in [0.5, 0.6) is 5.75 Å². The molecule has 1 unspecified atom stereocenters. The van der Waals surface area contributed by atoms with Gasteiger partial charge in [0.2, 0.25) is 5.91 Å². The van der Waals surface area contributed by atoms with Crippen LogP contribution in [0.25, 0.3) is 0 Å². The summed E-state index contributed by atoms with van der Waals surface area (Å²) >= 11 is 6.69. The number of rotatable bonds is 5. The van der Waals surface area contributed by atoms with Crippen molar-refractivity contribution in [3.63, 3.8) is 0 Å². The number of hydrogen-bond acceptors (Lipinski definition) is 10. The number of ether oxygens (including phenoxy) is 5. The van der Waals surface area contributed by atoms with E-state index in [0.29, 0.717) is 17.9 Å². The van der Waals surface area contributed by atoms with Crippen molar-refractivity contribution in [3.05, 3.63) is 46.5 Å². The molecule has 4 bridgehead atoms. The van der Waals surface area contributed by atoms with Crippen LogP contribution >= 0.6 is 11.6 Å². The summed E-state index contributed by atoms with van der Waals surface area (Å²) in [4.78, 5) is 40.9. The van der Waals surface area contributed by atoms with Crippen molar-refractivity contribution in [2.75, 3.05) is 33.2 Å². The van der Waals surface area contributed by atoms with Gasteiger partial charge >= 0.3 is 12.1 Å². The molecule has 4 rings (SSSR count). The number of alkyl carbamates (subject to hydrolysis) is 1. The van der Waals surface area contributed by atoms with E-state index in [0.717, 1.165) is 11.1 Å². The zero-order valence-corrected chi connectivity index (χ0v) is 27.8. The maximum absolute atomic E-state index is 13.8. The van der Waals surface area contributed by atoms with Gasteiger partial charge in [-0.2, -0.15) is 0 Å². The third kappa shape index (κ3) is 7.30. The molecule has 0 aromatic heterocycles. The quantitative estimate of drug-likeness (QED) is 0.321. The number of amides is 2. The van der Waals surface area contributed by atoms with Crippen LogP contribution < -0.4 is 20.3 Å². The first-order chi connectivity index (χ1) is 21.2. The lowest BCUT2D eigenvalue weighted by atomic mass is 9.83. The third-order valence-corrected chi connectivity index (χ3v) is 9.38. The molecule has 0 spiro atoms. The number of nitrogens with one attached hydrogen (secondary N) is 2. The van der Waals surface area contributed by atoms with E-state index in [1.165, 1.54) is 19.1 Å². The number of fused-ring (bicyclic) bond motifs is 5. The SMILES string of the molecule is CN[C@H](C)C(=O)O[C@H]1CC(=O)N(C)c2cc(cc(OC)c2Cl)C/C(C)=C/C=C/[C@@H](OC)[C@@]2(O)C[C@H](OC(=O)N2)[C@@H](C)C2O[C@]21C. The lowest BCUT2D eigenvalue weighted by molar-refractivity contribution is -0.155. The lowest BCUT2D eigenvalue weighted by Gasteiger charge is -2.42. The first kappa shape index (κ1) is 34.7. The van der Waals surface area contributed by atoms with Crippen LogP contribution in [-0.4, -0.2) is 93.2 Å². The minimum absolute atomic E-state index is 0.00553. The smallest absolute Gasteiger partial charge is 0.409 e. The summed E-state index contributed by atoms with van der Waals surface area (Å²) in [7, 11) is 6.18. The Morgan fingerprint density at radius 2 is 2.00 bits per heavy atom. The summed E-state index contributed by atoms with van der Waals surface area (Å²) in [6, 6.07) is 2.99. The summed E-state index contributed by atoms with van der Waals surface area (Å²) in [6.45, 7) is 7.17. The average molecular weight is 650 g/mol. The number of anilines is 1. The van der Waals surface area contributed by atoms with Gasteiger partial charge in [0.15, 0.2) is 5.72 Å². The first-order valence-corrected chi connectivity index (χ1v) is 15.3. The van der Waals surface area contributed by atoms with Gasteiger partial charge in [0.25, 0.3) is 0 Å². The number of methoxy groups -OCH3 is 2. The minimum Gasteiger partial charge on any atom is -0.495 e. The Balaban J connectivity index is 1.80. The first-order valence-electron chi connectivity index (χ1n) is 14.9. The van der Waals surface area contributed by atoms with E-state index in [1.807, 2.05) is 26.0 Å². The van der Waals surface area contributed by atoms with Crippen LogP contribution in [0.3, 0.4) is 0 Å². The van der Waals surface area contributed by atoms with Crippen molar-refractivity contribution in [3.8, 4) is 5.75 Å². The number of allylic oxidation sites excluding steroid dienone is 3. The van der Waals surface area contributed by atoms with Gasteiger partial charge < -0.3 is 39.0 Å². The zero-order valence-electron chi connectivity index (χ0n) is 27.0. The van der Waals surface area contributed by atoms with Gasteiger partial charge in [-0.25, -0.2) is 4.79 Å². The zero-order chi connectivity index (χ0) is 33.3. The maximum Gasteiger partial charge on any atom is 0.409 e. The van der Waals surface area contributed by atoms with Crippen molar-refractivity contribution in [1.82, 2.24) is 10.6 Å². The molecule has 2 fully saturated rings. The molecule has 0 saturated carbocycles. The number of epoxide rings is 1. The number of aliphatic hydroxyl groups is 1. The molecule has 1 aromatic rings. The fraction of sp³-hybridized carbons (Fsp3) is 0.594. The Morgan fingerprint density at radius 3 is 2.64 bits per heavy atom. The Kier molecular flexibility index (Phi) is 10.6. The second kappa shape index (κ2) is 13.7. The summed E-state index contributed by atoms with van der Waals surface area (Å²) < 4.78 is 28.8. The molecule has 45 heavy (non-hydrogen) atoms. The molecule has 8 atom stereocenters. The highest BCUT2D eigenvalue weighted by atomic mass is 35.5. The van der Waals surface area contributed by atoms with Gasteiger partial charge in [-0.05, 0) is 51.9 Å². The number of esters is 1. The number of benzene rings is 1. The summed E-state index contributed by atoms with van der Waals surface area (Å²) in [5, 5.41) is 17.2. The van der Waals surface area contributed by atoms with E-state index in [1.54, 1.807) is 46.2 Å². The monoisotopic (exact) mass is 649 g/mol. The van der Waals surface area contributed by atoms with E-state index >= 15 is 0 Å². The summed E-state index contributed by atoms with van der Waals surface area (Å²) in [5.74, 6) is -0.974. The Morgan fingerprint density at radius 1 is 1.29 bits per heavy atom. The highest BCUT2D eigenvalue weighted by Crippen LogP contribution is 2.49. The molecule has 1 aromatic carbocycles. The van der Waals surface area contributed by atoms with E-state index in [9.17, 15) is 19.5 Å². The van der Waals surface area contributed by atoms with Crippen LogP contribution in [-0.2, 0) is 35.0 Å². The molecule has 248 valence electrons. The van der Waals surface area contributed by atoms with E-state index < -0.39 is 59.8 Å². The summed E-state index contributed by atoms with van der Waals surface area (Å²) in [5.41, 5.74) is -0.646. The number of carbonyl (C=O) groups excluding carboxylic acids is 3. The average Bonchev–Trinajstić information content (AvgIpc) is 3.69.